The molecule has 1 saturated carbocycles. The molecule has 2 aliphatic heterocycles. The Morgan fingerprint density at radius 2 is 2.21 bits per heavy atom. The van der Waals surface area contributed by atoms with Gasteiger partial charge >= 0.3 is 0 Å². The minimum atomic E-state index is -0.0526. The van der Waals surface area contributed by atoms with E-state index >= 15 is 0 Å². The molecule has 6 nitrogen and oxygen atoms in total. The lowest BCUT2D eigenvalue weighted by Gasteiger charge is -2.25. The van der Waals surface area contributed by atoms with E-state index in [2.05, 4.69) is 42.5 Å². The summed E-state index contributed by atoms with van der Waals surface area (Å²) >= 11 is 1.82. The highest BCUT2D eigenvalue weighted by molar-refractivity contribution is 7.09. The highest BCUT2D eigenvalue weighted by Gasteiger charge is 2.41. The van der Waals surface area contributed by atoms with Gasteiger partial charge in [-0.25, -0.2) is 0 Å². The third-order valence-corrected chi connectivity index (χ3v) is 6.29. The Hall–Kier alpha value is -1.73. The number of amides is 1. The van der Waals surface area contributed by atoms with Crippen molar-refractivity contribution in [3.8, 4) is 0 Å². The van der Waals surface area contributed by atoms with Crippen LogP contribution < -0.4 is 5.32 Å². The van der Waals surface area contributed by atoms with E-state index in [4.69, 9.17) is 0 Å². The number of hydrogen-bond donors (Lipinski definition) is 1. The molecule has 0 spiro atoms. The Labute approximate surface area is 144 Å². The molecular formula is C17H21N5OS. The van der Waals surface area contributed by atoms with Crippen LogP contribution in [0.1, 0.15) is 46.5 Å². The Balaban J connectivity index is 1.34. The van der Waals surface area contributed by atoms with E-state index in [0.717, 1.165) is 51.3 Å². The topological polar surface area (TPSA) is 63.1 Å². The zero-order valence-corrected chi connectivity index (χ0v) is 14.3. The summed E-state index contributed by atoms with van der Waals surface area (Å²) in [6, 6.07) is 4.68. The smallest absolute Gasteiger partial charge is 0.289 e. The zero-order chi connectivity index (χ0) is 16.1. The molecule has 2 atom stereocenters. The van der Waals surface area contributed by atoms with Crippen LogP contribution in [-0.4, -0.2) is 44.7 Å². The molecule has 24 heavy (non-hydrogen) atoms. The first-order chi connectivity index (χ1) is 11.8. The maximum absolute atomic E-state index is 12.4. The summed E-state index contributed by atoms with van der Waals surface area (Å²) < 4.78 is 2.06. The van der Waals surface area contributed by atoms with Crippen molar-refractivity contribution in [1.82, 2.24) is 25.0 Å². The number of thiophene rings is 1. The standard InChI is InChI=1S/C17H21N5OS/c23-17(18-12-3-4-12)16-20-19-15-14-10-21(9-13-2-1-7-24-13)8-11(14)5-6-22(15)16/h1-2,7,11-12,14H,3-6,8-10H2,(H,18,23)/t11-,14-/m1/s1. The predicted molar refractivity (Wildman–Crippen MR) is 91.0 cm³/mol. The van der Waals surface area contributed by atoms with Gasteiger partial charge in [0.15, 0.2) is 0 Å². The maximum Gasteiger partial charge on any atom is 0.289 e. The molecule has 3 aliphatic rings. The van der Waals surface area contributed by atoms with Crippen molar-refractivity contribution in [2.45, 2.75) is 44.3 Å². The lowest BCUT2D eigenvalue weighted by Crippen LogP contribution is -2.31. The lowest BCUT2D eigenvalue weighted by molar-refractivity contribution is 0.0934. The molecule has 2 aromatic heterocycles. The first-order valence-electron chi connectivity index (χ1n) is 8.76. The average molecular weight is 343 g/mol. The predicted octanol–water partition coefficient (Wildman–Crippen LogP) is 1.85. The number of carbonyl (C=O) groups is 1. The summed E-state index contributed by atoms with van der Waals surface area (Å²) in [5.74, 6) is 2.52. The molecule has 0 unspecified atom stereocenters. The van der Waals surface area contributed by atoms with Gasteiger partial charge in [-0.1, -0.05) is 6.07 Å². The largest absolute Gasteiger partial charge is 0.347 e. The van der Waals surface area contributed by atoms with Crippen molar-refractivity contribution in [2.24, 2.45) is 5.92 Å². The molecule has 7 heteroatoms. The normalized spacial score (nSPS) is 26.2. The van der Waals surface area contributed by atoms with Crippen LogP contribution in [0, 0.1) is 5.92 Å². The molecular weight excluding hydrogens is 322 g/mol. The average Bonchev–Trinajstić information content (AvgIpc) is 3.01. The van der Waals surface area contributed by atoms with Crippen molar-refractivity contribution in [3.05, 3.63) is 34.0 Å². The van der Waals surface area contributed by atoms with Crippen LogP contribution in [-0.2, 0) is 13.1 Å². The fraction of sp³-hybridized carbons (Fsp3) is 0.588. The quantitative estimate of drug-likeness (QED) is 0.920. The second kappa shape index (κ2) is 5.67. The zero-order valence-electron chi connectivity index (χ0n) is 13.5. The van der Waals surface area contributed by atoms with Crippen LogP contribution in [0.3, 0.4) is 0 Å². The summed E-state index contributed by atoms with van der Waals surface area (Å²) in [5.41, 5.74) is 0. The van der Waals surface area contributed by atoms with Crippen molar-refractivity contribution in [1.29, 1.82) is 0 Å². The second-order valence-electron chi connectivity index (χ2n) is 7.21. The van der Waals surface area contributed by atoms with Gasteiger partial charge < -0.3 is 9.88 Å². The van der Waals surface area contributed by atoms with Gasteiger partial charge in [0.1, 0.15) is 5.82 Å². The molecule has 2 aromatic rings. The van der Waals surface area contributed by atoms with Crippen LogP contribution >= 0.6 is 11.3 Å². The van der Waals surface area contributed by atoms with Gasteiger partial charge in [0.2, 0.25) is 5.82 Å². The van der Waals surface area contributed by atoms with Gasteiger partial charge in [-0.05, 0) is 36.6 Å². The number of hydrogen-bond acceptors (Lipinski definition) is 5. The van der Waals surface area contributed by atoms with Crippen LogP contribution in [0.15, 0.2) is 17.5 Å². The minimum Gasteiger partial charge on any atom is -0.347 e. The number of likely N-dealkylation sites (tertiary alicyclic amines) is 1. The molecule has 0 radical (unpaired) electrons. The molecule has 5 rings (SSSR count). The number of nitrogens with zero attached hydrogens (tertiary/aromatic N) is 4. The van der Waals surface area contributed by atoms with Crippen molar-refractivity contribution < 1.29 is 4.79 Å². The van der Waals surface area contributed by atoms with Crippen LogP contribution in [0.2, 0.25) is 0 Å². The van der Waals surface area contributed by atoms with Gasteiger partial charge in [0.05, 0.1) is 0 Å². The maximum atomic E-state index is 12.4. The van der Waals surface area contributed by atoms with E-state index in [1.54, 1.807) is 0 Å². The van der Waals surface area contributed by atoms with Crippen molar-refractivity contribution in [3.63, 3.8) is 0 Å². The number of aromatic nitrogens is 3. The van der Waals surface area contributed by atoms with Gasteiger partial charge in [0, 0.05) is 43.0 Å². The second-order valence-corrected chi connectivity index (χ2v) is 8.24. The highest BCUT2D eigenvalue weighted by atomic mass is 32.1. The minimum absolute atomic E-state index is 0.0526. The van der Waals surface area contributed by atoms with E-state index in [9.17, 15) is 4.79 Å². The van der Waals surface area contributed by atoms with Crippen LogP contribution in [0.4, 0.5) is 0 Å². The summed E-state index contributed by atoms with van der Waals surface area (Å²) in [6.45, 7) is 4.03. The first-order valence-corrected chi connectivity index (χ1v) is 9.64. The number of nitrogens with one attached hydrogen (secondary N) is 1. The third kappa shape index (κ3) is 2.56. The Kier molecular flexibility index (Phi) is 3.45. The van der Waals surface area contributed by atoms with Gasteiger partial charge in [0.25, 0.3) is 5.91 Å². The molecule has 1 N–H and O–H groups in total. The molecule has 1 amide bonds. The van der Waals surface area contributed by atoms with Gasteiger partial charge in [-0.3, -0.25) is 9.69 Å². The molecule has 1 aliphatic carbocycles. The Morgan fingerprint density at radius 3 is 3.00 bits per heavy atom. The highest BCUT2D eigenvalue weighted by Crippen LogP contribution is 2.39. The molecule has 126 valence electrons. The number of rotatable bonds is 4. The molecule has 2 fully saturated rings. The van der Waals surface area contributed by atoms with E-state index in [-0.39, 0.29) is 5.91 Å². The van der Waals surface area contributed by atoms with Gasteiger partial charge in [-0.2, -0.15) is 0 Å². The van der Waals surface area contributed by atoms with Gasteiger partial charge in [-0.15, -0.1) is 21.5 Å². The summed E-state index contributed by atoms with van der Waals surface area (Å²) in [6.07, 6.45) is 3.30. The van der Waals surface area contributed by atoms with Crippen molar-refractivity contribution in [2.75, 3.05) is 13.1 Å². The summed E-state index contributed by atoms with van der Waals surface area (Å²) in [4.78, 5) is 16.3. The van der Waals surface area contributed by atoms with E-state index in [0.29, 0.717) is 23.7 Å². The third-order valence-electron chi connectivity index (χ3n) is 5.43. The van der Waals surface area contributed by atoms with Crippen LogP contribution in [0.25, 0.3) is 0 Å². The van der Waals surface area contributed by atoms with Crippen molar-refractivity contribution >= 4 is 17.2 Å². The molecule has 0 bridgehead atoms. The number of fused-ring (bicyclic) bond motifs is 3. The molecule has 4 heterocycles. The monoisotopic (exact) mass is 343 g/mol. The Morgan fingerprint density at radius 1 is 1.29 bits per heavy atom. The van der Waals surface area contributed by atoms with Crippen LogP contribution in [0.5, 0.6) is 0 Å². The molecule has 1 saturated heterocycles. The summed E-state index contributed by atoms with van der Waals surface area (Å²) in [7, 11) is 0. The fourth-order valence-electron chi connectivity index (χ4n) is 4.05. The molecule has 0 aromatic carbocycles. The van der Waals surface area contributed by atoms with E-state index < -0.39 is 0 Å². The number of carbonyl (C=O) groups excluding carboxylic acids is 1. The van der Waals surface area contributed by atoms with E-state index in [1.807, 2.05) is 11.3 Å². The van der Waals surface area contributed by atoms with E-state index in [1.165, 1.54) is 4.88 Å². The Bertz CT molecular complexity index is 751. The SMILES string of the molecule is O=C(NC1CC1)c1nnc2n1CC[C@@H]1CN(Cc3cccs3)C[C@@H]21. The lowest BCUT2D eigenvalue weighted by atomic mass is 9.89. The first kappa shape index (κ1) is 14.6. The summed E-state index contributed by atoms with van der Waals surface area (Å²) in [5, 5.41) is 13.8. The fourth-order valence-corrected chi connectivity index (χ4v) is 4.79.